The van der Waals surface area contributed by atoms with Gasteiger partial charge in [0.25, 0.3) is 6.71 Å². The van der Waals surface area contributed by atoms with E-state index in [1.54, 1.807) is 0 Å². The van der Waals surface area contributed by atoms with E-state index in [9.17, 15) is 0 Å². The zero-order valence-electron chi connectivity index (χ0n) is 66.4. The highest BCUT2D eigenvalue weighted by molar-refractivity contribution is 7.00. The lowest BCUT2D eigenvalue weighted by Crippen LogP contribution is -2.61. The Morgan fingerprint density at radius 2 is 0.538 bits per heavy atom. The molecule has 2 aromatic heterocycles. The summed E-state index contributed by atoms with van der Waals surface area (Å²) >= 11 is 0. The van der Waals surface area contributed by atoms with Gasteiger partial charge in [-0.15, -0.1) is 0 Å². The summed E-state index contributed by atoms with van der Waals surface area (Å²) in [5, 5.41) is 9.64. The zero-order valence-corrected chi connectivity index (χ0v) is 66.4. The molecule has 4 heterocycles. The average molecular weight is 1500 g/mol. The number of fused-ring (bicyclic) bond motifs is 12. The average Bonchev–Trinajstić information content (AvgIpc) is 0.947. The molecule has 18 aromatic carbocycles. The minimum atomic E-state index is -0.332. The quantitative estimate of drug-likeness (QED) is 0.0948. The second kappa shape index (κ2) is 27.2. The summed E-state index contributed by atoms with van der Waals surface area (Å²) in [7, 11) is 0. The molecule has 0 radical (unpaired) electrons. The highest BCUT2D eigenvalue weighted by atomic mass is 15.2. The Bertz CT molecular complexity index is 6820. The number of aromatic nitrogens is 2. The van der Waals surface area contributed by atoms with Crippen LogP contribution >= 0.6 is 0 Å². The van der Waals surface area contributed by atoms with E-state index in [2.05, 4.69) is 455 Å². The summed E-state index contributed by atoms with van der Waals surface area (Å²) in [6.07, 6.45) is 0. The highest BCUT2D eigenvalue weighted by Crippen LogP contribution is 2.57. The Hall–Kier alpha value is -14.3. The van der Waals surface area contributed by atoms with Crippen LogP contribution in [0, 0.1) is 0 Å². The second-order valence-corrected chi connectivity index (χ2v) is 33.9. The van der Waals surface area contributed by atoms with Gasteiger partial charge in [-0.05, 0) is 219 Å². The number of hydrogen-bond acceptors (Lipinski definition) is 2. The predicted octanol–water partition coefficient (Wildman–Crippen LogP) is 28.5. The van der Waals surface area contributed by atoms with Crippen molar-refractivity contribution in [2.24, 2.45) is 0 Å². The van der Waals surface area contributed by atoms with Gasteiger partial charge in [-0.3, -0.25) is 0 Å². The van der Waals surface area contributed by atoms with E-state index >= 15 is 0 Å². The summed E-state index contributed by atoms with van der Waals surface area (Å²) in [4.78, 5) is 5.48. The fourth-order valence-electron chi connectivity index (χ4n) is 19.3. The molecule has 0 aliphatic carbocycles. The van der Waals surface area contributed by atoms with Crippen LogP contribution in [0.5, 0.6) is 0 Å². The topological polar surface area (TPSA) is 16.3 Å². The van der Waals surface area contributed by atoms with Crippen LogP contribution in [0.2, 0.25) is 0 Å². The van der Waals surface area contributed by atoms with Crippen molar-refractivity contribution in [2.75, 3.05) is 9.80 Å². The molecule has 0 unspecified atom stereocenters. The molecule has 2 aliphatic rings. The number of rotatable bonds is 11. The molecule has 2 aliphatic heterocycles. The van der Waals surface area contributed by atoms with Gasteiger partial charge in [0.05, 0.1) is 33.4 Å². The molecule has 0 N–H and O–H groups in total. The molecule has 4 nitrogen and oxygen atoms in total. The first-order valence-electron chi connectivity index (χ1n) is 41.1. The fraction of sp³-hybridized carbons (Fsp3) is 0.0714. The molecule has 20 aromatic rings. The molecule has 0 spiro atoms. The highest BCUT2D eigenvalue weighted by Gasteiger charge is 2.46. The lowest BCUT2D eigenvalue weighted by Gasteiger charge is -2.46. The number of para-hydroxylation sites is 2. The molecular formula is C112H83BN4. The van der Waals surface area contributed by atoms with Crippen molar-refractivity contribution in [3.05, 3.63) is 405 Å². The number of nitrogens with zero attached hydrogens (tertiary/aromatic N) is 4. The van der Waals surface area contributed by atoms with Crippen LogP contribution in [-0.2, 0) is 10.8 Å². The van der Waals surface area contributed by atoms with E-state index in [1.807, 2.05) is 0 Å². The van der Waals surface area contributed by atoms with Crippen LogP contribution < -0.4 is 26.2 Å². The smallest absolute Gasteiger partial charge is 0.252 e. The van der Waals surface area contributed by atoms with E-state index in [0.717, 1.165) is 140 Å². The molecule has 0 bridgehead atoms. The molecule has 117 heavy (non-hydrogen) atoms. The van der Waals surface area contributed by atoms with Gasteiger partial charge in [0.1, 0.15) is 0 Å². The third-order valence-corrected chi connectivity index (χ3v) is 24.9. The van der Waals surface area contributed by atoms with Crippen molar-refractivity contribution in [1.29, 1.82) is 0 Å². The van der Waals surface area contributed by atoms with Gasteiger partial charge in [0.15, 0.2) is 0 Å². The molecule has 0 saturated heterocycles. The van der Waals surface area contributed by atoms with Crippen LogP contribution in [0.15, 0.2) is 394 Å². The molecule has 0 saturated carbocycles. The van der Waals surface area contributed by atoms with E-state index in [4.69, 9.17) is 0 Å². The van der Waals surface area contributed by atoms with Crippen LogP contribution in [0.4, 0.5) is 34.1 Å². The Balaban J connectivity index is 0.951. The van der Waals surface area contributed by atoms with Crippen molar-refractivity contribution < 1.29 is 0 Å². The molecular weight excluding hydrogens is 1410 g/mol. The third-order valence-electron chi connectivity index (χ3n) is 24.9. The van der Waals surface area contributed by atoms with Gasteiger partial charge in [0, 0.05) is 77.9 Å². The normalized spacial score (nSPS) is 12.6. The second-order valence-electron chi connectivity index (χ2n) is 33.9. The Morgan fingerprint density at radius 1 is 0.222 bits per heavy atom. The summed E-state index contributed by atoms with van der Waals surface area (Å²) in [6, 6.07) is 150. The molecule has 0 amide bonds. The Kier molecular flexibility index (Phi) is 16.2. The minimum absolute atomic E-state index is 0.0692. The standard InChI is InChI=1S/C112H83BN4/c1-111(2,3)83-53-59-101-95(68-83)89-49-29-31-51-99(89)114(101)85-55-57-97-103(70-85)116(109-91(74-37-17-9-18-38-74)62-80(72-33-13-7-14-34-72)63-92(109)75-39-19-10-20-40-75)105-66-82(107-87-47-27-25-45-78(87)61-79-46-26-28-48-88(79)107)67-106-108(105)113(97)98-58-56-86(115-100-52-32-30-50-90(100)96-69-84(112(4,5)6)54-60-102(96)115)71-104(98)117(106)110-93(76-41-21-11-22-42-76)64-81(73-35-15-8-16-36-73)65-94(110)77-43-23-12-24-44-77/h7-71H,1-6H3. The van der Waals surface area contributed by atoms with Crippen LogP contribution in [0.1, 0.15) is 52.7 Å². The fourth-order valence-corrected chi connectivity index (χ4v) is 19.3. The summed E-state index contributed by atoms with van der Waals surface area (Å²) in [6.45, 7) is 13.6. The monoisotopic (exact) mass is 1490 g/mol. The minimum Gasteiger partial charge on any atom is -0.310 e. The first-order valence-corrected chi connectivity index (χ1v) is 41.1. The SMILES string of the molecule is CC(C)(C)c1ccc2c(c1)c1ccccc1n2-c1ccc2c(c1)N(c1c(-c3ccccc3)cc(-c3ccccc3)cc1-c1ccccc1)c1cc(-c3c4ccccc4cc4ccccc34)cc3c1B2c1ccc(-n2c4ccccc4c4cc(C(C)(C)C)ccc42)cc1N3c1c(-c2ccccc2)cc(-c2ccccc2)cc1-c1ccccc1. The Morgan fingerprint density at radius 3 is 0.897 bits per heavy atom. The predicted molar refractivity (Wildman–Crippen MR) is 500 cm³/mol. The van der Waals surface area contributed by atoms with Crippen molar-refractivity contribution in [3.63, 3.8) is 0 Å². The number of benzene rings is 18. The van der Waals surface area contributed by atoms with Gasteiger partial charge in [0.2, 0.25) is 0 Å². The van der Waals surface area contributed by atoms with Gasteiger partial charge in [-0.2, -0.15) is 0 Å². The van der Waals surface area contributed by atoms with Gasteiger partial charge < -0.3 is 18.9 Å². The maximum atomic E-state index is 2.74. The summed E-state index contributed by atoms with van der Waals surface area (Å²) in [5.41, 5.74) is 35.1. The molecule has 554 valence electrons. The maximum absolute atomic E-state index is 2.74. The van der Waals surface area contributed by atoms with Gasteiger partial charge in [-0.25, -0.2) is 0 Å². The van der Waals surface area contributed by atoms with Crippen molar-refractivity contribution in [3.8, 4) is 89.3 Å². The van der Waals surface area contributed by atoms with Crippen molar-refractivity contribution in [1.82, 2.24) is 9.13 Å². The van der Waals surface area contributed by atoms with E-state index in [1.165, 1.54) is 76.2 Å². The van der Waals surface area contributed by atoms with Crippen LogP contribution in [0.3, 0.4) is 0 Å². The first-order chi connectivity index (χ1) is 57.3. The zero-order chi connectivity index (χ0) is 78.4. The summed E-state index contributed by atoms with van der Waals surface area (Å²) in [5.74, 6) is 0. The molecule has 0 fully saturated rings. The third kappa shape index (κ3) is 11.4. The molecule has 22 rings (SSSR count). The number of hydrogen-bond donors (Lipinski definition) is 0. The van der Waals surface area contributed by atoms with Crippen molar-refractivity contribution >= 4 is 122 Å². The molecule has 5 heteroatoms. The first kappa shape index (κ1) is 69.5. The molecule has 0 atom stereocenters. The van der Waals surface area contributed by atoms with Crippen molar-refractivity contribution in [2.45, 2.75) is 52.4 Å². The summed E-state index contributed by atoms with van der Waals surface area (Å²) < 4.78 is 5.08. The largest absolute Gasteiger partial charge is 0.310 e. The maximum Gasteiger partial charge on any atom is 0.252 e. The van der Waals surface area contributed by atoms with E-state index in [0.29, 0.717) is 0 Å². The lowest BCUT2D eigenvalue weighted by molar-refractivity contribution is 0.591. The van der Waals surface area contributed by atoms with Crippen LogP contribution in [-0.4, -0.2) is 15.8 Å². The van der Waals surface area contributed by atoms with E-state index in [-0.39, 0.29) is 17.5 Å². The lowest BCUT2D eigenvalue weighted by atomic mass is 9.33. The van der Waals surface area contributed by atoms with Gasteiger partial charge in [-0.1, -0.05) is 333 Å². The van der Waals surface area contributed by atoms with E-state index < -0.39 is 0 Å². The van der Waals surface area contributed by atoms with Crippen LogP contribution in [0.25, 0.3) is 154 Å². The number of anilines is 6. The Labute approximate surface area is 683 Å². The van der Waals surface area contributed by atoms with Gasteiger partial charge >= 0.3 is 0 Å².